The van der Waals surface area contributed by atoms with E-state index in [0.717, 1.165) is 23.2 Å². The Morgan fingerprint density at radius 2 is 2.03 bits per heavy atom. The van der Waals surface area contributed by atoms with E-state index in [4.69, 9.17) is 27.9 Å². The summed E-state index contributed by atoms with van der Waals surface area (Å²) in [7, 11) is 3.50. The van der Waals surface area contributed by atoms with Crippen molar-refractivity contribution in [1.29, 1.82) is 5.26 Å². The molecule has 0 aliphatic heterocycles. The summed E-state index contributed by atoms with van der Waals surface area (Å²) in [6.45, 7) is 5.84. The smallest absolute Gasteiger partial charge is 0.239 e. The van der Waals surface area contributed by atoms with Crippen LogP contribution in [0.4, 0.5) is 5.82 Å². The van der Waals surface area contributed by atoms with Crippen molar-refractivity contribution in [2.45, 2.75) is 33.4 Å². The van der Waals surface area contributed by atoms with E-state index in [-0.39, 0.29) is 12.5 Å². The van der Waals surface area contributed by atoms with Crippen molar-refractivity contribution in [3.8, 4) is 6.07 Å². The van der Waals surface area contributed by atoms with Crippen LogP contribution in [0.1, 0.15) is 28.8 Å². The molecule has 29 heavy (non-hydrogen) atoms. The van der Waals surface area contributed by atoms with Crippen LogP contribution in [0.15, 0.2) is 18.2 Å². The Hall–Kier alpha value is -2.04. The predicted octanol–water partition coefficient (Wildman–Crippen LogP) is 4.39. The first-order valence-electron chi connectivity index (χ1n) is 9.29. The number of benzene rings is 1. The number of amides is 1. The first-order valence-corrected chi connectivity index (χ1v) is 10.0. The maximum atomic E-state index is 12.7. The molecule has 8 heteroatoms. The van der Waals surface area contributed by atoms with Crippen molar-refractivity contribution in [2.24, 2.45) is 0 Å². The van der Waals surface area contributed by atoms with Gasteiger partial charge in [-0.05, 0) is 50.6 Å². The molecule has 0 radical (unpaired) electrons. The summed E-state index contributed by atoms with van der Waals surface area (Å²) in [6.07, 6.45) is 0.788. The number of anilines is 1. The van der Waals surface area contributed by atoms with Gasteiger partial charge in [-0.2, -0.15) is 5.26 Å². The van der Waals surface area contributed by atoms with Crippen LogP contribution in [-0.2, 0) is 22.6 Å². The number of nitrogens with zero attached hydrogens (tertiary/aromatic N) is 3. The standard InChI is InChI=1S/C21H26Cl2N4O2/c1-14-15(2)27(8-5-9-29-4)21(17(14)11-24)25-20(28)13-26(3)12-16-6-7-18(22)19(23)10-16/h6-7,10H,5,8-9,12-13H2,1-4H3,(H,25,28). The summed E-state index contributed by atoms with van der Waals surface area (Å²) >= 11 is 12.0. The van der Waals surface area contributed by atoms with Crippen LogP contribution in [0.25, 0.3) is 0 Å². The second kappa shape index (κ2) is 10.7. The van der Waals surface area contributed by atoms with Crippen LogP contribution < -0.4 is 5.32 Å². The Kier molecular flexibility index (Phi) is 8.54. The minimum atomic E-state index is -0.186. The number of hydrogen-bond acceptors (Lipinski definition) is 4. The Labute approximate surface area is 182 Å². The van der Waals surface area contributed by atoms with Crippen molar-refractivity contribution in [2.75, 3.05) is 32.6 Å². The number of nitriles is 1. The molecule has 1 amide bonds. The number of nitrogens with one attached hydrogen (secondary N) is 1. The largest absolute Gasteiger partial charge is 0.385 e. The predicted molar refractivity (Wildman–Crippen MR) is 117 cm³/mol. The highest BCUT2D eigenvalue weighted by atomic mass is 35.5. The van der Waals surface area contributed by atoms with E-state index in [1.807, 2.05) is 36.4 Å². The number of hydrogen-bond donors (Lipinski definition) is 1. The number of halogens is 2. The molecule has 0 aliphatic rings. The normalized spacial score (nSPS) is 11.0. The molecule has 0 atom stereocenters. The third-order valence-corrected chi connectivity index (χ3v) is 5.52. The van der Waals surface area contributed by atoms with Crippen LogP contribution in [0, 0.1) is 25.2 Å². The zero-order valence-corrected chi connectivity index (χ0v) is 18.7. The summed E-state index contributed by atoms with van der Waals surface area (Å²) in [5.41, 5.74) is 3.31. The number of methoxy groups -OCH3 is 1. The molecule has 1 heterocycles. The summed E-state index contributed by atoms with van der Waals surface area (Å²) in [6, 6.07) is 7.63. The minimum absolute atomic E-state index is 0.173. The molecule has 1 aromatic heterocycles. The zero-order chi connectivity index (χ0) is 21.6. The van der Waals surface area contributed by atoms with Gasteiger partial charge < -0.3 is 14.6 Å². The Morgan fingerprint density at radius 1 is 1.31 bits per heavy atom. The topological polar surface area (TPSA) is 70.3 Å². The van der Waals surface area contributed by atoms with E-state index in [1.165, 1.54) is 0 Å². The van der Waals surface area contributed by atoms with Crippen LogP contribution in [0.2, 0.25) is 10.0 Å². The number of likely N-dealkylation sites (N-methyl/N-ethyl adjacent to an activating group) is 1. The highest BCUT2D eigenvalue weighted by Gasteiger charge is 2.20. The lowest BCUT2D eigenvalue weighted by molar-refractivity contribution is -0.117. The van der Waals surface area contributed by atoms with Gasteiger partial charge in [-0.3, -0.25) is 9.69 Å². The van der Waals surface area contributed by atoms with E-state index in [9.17, 15) is 10.1 Å². The number of carbonyl (C=O) groups excluding carboxylic acids is 1. The monoisotopic (exact) mass is 436 g/mol. The van der Waals surface area contributed by atoms with Gasteiger partial charge in [-0.1, -0.05) is 29.3 Å². The van der Waals surface area contributed by atoms with Gasteiger partial charge in [0.05, 0.1) is 22.2 Å². The van der Waals surface area contributed by atoms with Crippen molar-refractivity contribution in [3.63, 3.8) is 0 Å². The quantitative estimate of drug-likeness (QED) is 0.591. The van der Waals surface area contributed by atoms with Crippen molar-refractivity contribution in [3.05, 3.63) is 50.6 Å². The lowest BCUT2D eigenvalue weighted by atomic mass is 10.2. The molecule has 6 nitrogen and oxygen atoms in total. The van der Waals surface area contributed by atoms with Gasteiger partial charge in [0.2, 0.25) is 5.91 Å². The van der Waals surface area contributed by atoms with E-state index in [1.54, 1.807) is 19.2 Å². The first kappa shape index (κ1) is 23.2. The fraction of sp³-hybridized carbons (Fsp3) is 0.429. The molecule has 0 spiro atoms. The lowest BCUT2D eigenvalue weighted by Crippen LogP contribution is -2.30. The highest BCUT2D eigenvalue weighted by Crippen LogP contribution is 2.27. The molecule has 1 N–H and O–H groups in total. The Bertz CT molecular complexity index is 918. The second-order valence-electron chi connectivity index (χ2n) is 7.01. The number of carbonyl (C=O) groups is 1. The lowest BCUT2D eigenvalue weighted by Gasteiger charge is -2.18. The maximum absolute atomic E-state index is 12.7. The zero-order valence-electron chi connectivity index (χ0n) is 17.2. The third-order valence-electron chi connectivity index (χ3n) is 4.78. The van der Waals surface area contributed by atoms with Crippen molar-refractivity contribution >= 4 is 34.9 Å². The van der Waals surface area contributed by atoms with Crippen LogP contribution in [0.5, 0.6) is 0 Å². The third kappa shape index (κ3) is 5.97. The molecule has 2 rings (SSSR count). The molecule has 0 saturated carbocycles. The SMILES string of the molecule is COCCCn1c(C)c(C)c(C#N)c1NC(=O)CN(C)Cc1ccc(Cl)c(Cl)c1. The summed E-state index contributed by atoms with van der Waals surface area (Å²) in [5.74, 6) is 0.362. The van der Waals surface area contributed by atoms with Crippen LogP contribution >= 0.6 is 23.2 Å². The number of rotatable bonds is 9. The van der Waals surface area contributed by atoms with E-state index in [0.29, 0.717) is 41.1 Å². The summed E-state index contributed by atoms with van der Waals surface area (Å²) in [5, 5.41) is 13.5. The minimum Gasteiger partial charge on any atom is -0.385 e. The van der Waals surface area contributed by atoms with Gasteiger partial charge in [0.15, 0.2) is 0 Å². The average Bonchev–Trinajstić information content (AvgIpc) is 2.88. The molecule has 1 aromatic carbocycles. The van der Waals surface area contributed by atoms with Crippen molar-refractivity contribution in [1.82, 2.24) is 9.47 Å². The Morgan fingerprint density at radius 3 is 2.66 bits per heavy atom. The van der Waals surface area contributed by atoms with Gasteiger partial charge >= 0.3 is 0 Å². The number of aromatic nitrogens is 1. The van der Waals surface area contributed by atoms with Crippen LogP contribution in [-0.4, -0.2) is 42.7 Å². The molecule has 0 bridgehead atoms. The molecular weight excluding hydrogens is 411 g/mol. The van der Waals surface area contributed by atoms with Gasteiger partial charge in [-0.25, -0.2) is 0 Å². The van der Waals surface area contributed by atoms with Crippen molar-refractivity contribution < 1.29 is 9.53 Å². The Balaban J connectivity index is 2.09. The van der Waals surface area contributed by atoms with E-state index in [2.05, 4.69) is 11.4 Å². The molecule has 0 unspecified atom stereocenters. The maximum Gasteiger partial charge on any atom is 0.239 e. The van der Waals surface area contributed by atoms with E-state index >= 15 is 0 Å². The van der Waals surface area contributed by atoms with Crippen LogP contribution in [0.3, 0.4) is 0 Å². The van der Waals surface area contributed by atoms with Gasteiger partial charge in [-0.15, -0.1) is 0 Å². The first-order chi connectivity index (χ1) is 13.8. The fourth-order valence-corrected chi connectivity index (χ4v) is 3.52. The van der Waals surface area contributed by atoms with Gasteiger partial charge in [0.25, 0.3) is 0 Å². The van der Waals surface area contributed by atoms with Gasteiger partial charge in [0, 0.05) is 32.5 Å². The summed E-state index contributed by atoms with van der Waals surface area (Å²) in [4.78, 5) is 14.5. The highest BCUT2D eigenvalue weighted by molar-refractivity contribution is 6.42. The molecule has 0 aliphatic carbocycles. The van der Waals surface area contributed by atoms with E-state index < -0.39 is 0 Å². The molecule has 2 aromatic rings. The average molecular weight is 437 g/mol. The molecule has 156 valence electrons. The molecule has 0 saturated heterocycles. The number of ether oxygens (including phenoxy) is 1. The second-order valence-corrected chi connectivity index (χ2v) is 7.83. The molecular formula is C21H26Cl2N4O2. The fourth-order valence-electron chi connectivity index (χ4n) is 3.20. The van der Waals surface area contributed by atoms with Gasteiger partial charge in [0.1, 0.15) is 11.9 Å². The molecule has 0 fully saturated rings. The summed E-state index contributed by atoms with van der Waals surface area (Å²) < 4.78 is 7.10.